The van der Waals surface area contributed by atoms with Crippen LogP contribution >= 0.6 is 0 Å². The zero-order valence-corrected chi connectivity index (χ0v) is 11.9. The molecule has 3 amide bonds. The molecular formula is C14H17N3O4. The largest absolute Gasteiger partial charge is 0.484 e. The minimum absolute atomic E-state index is 0.169. The van der Waals surface area contributed by atoms with E-state index in [9.17, 15) is 14.4 Å². The highest BCUT2D eigenvalue weighted by Gasteiger charge is 2.43. The van der Waals surface area contributed by atoms with Gasteiger partial charge in [-0.05, 0) is 26.0 Å². The number of nitrogens with one attached hydrogen (secondary N) is 1. The maximum atomic E-state index is 12.2. The summed E-state index contributed by atoms with van der Waals surface area (Å²) in [5, 5.41) is 2.21. The molecule has 1 fully saturated rings. The van der Waals surface area contributed by atoms with Crippen LogP contribution in [0.5, 0.6) is 5.75 Å². The Morgan fingerprint density at radius 2 is 2.14 bits per heavy atom. The molecule has 112 valence electrons. The maximum absolute atomic E-state index is 12.2. The maximum Gasteiger partial charge on any atom is 0.261 e. The summed E-state index contributed by atoms with van der Waals surface area (Å²) in [6.07, 6.45) is 0. The Morgan fingerprint density at radius 1 is 1.43 bits per heavy atom. The van der Waals surface area contributed by atoms with Gasteiger partial charge in [-0.25, -0.2) is 0 Å². The molecule has 1 aromatic carbocycles. The topological polar surface area (TPSA) is 102 Å². The standard InChI is InChI=1S/C14H17N3O4/c1-14(2)13(20)16-11(18)7-17(14)12(19)8-21-10-5-3-4-9(15)6-10/h3-6H,7-8,15H2,1-2H3,(H,16,18,20). The Kier molecular flexibility index (Phi) is 3.84. The van der Waals surface area contributed by atoms with Crippen LogP contribution < -0.4 is 15.8 Å². The quantitative estimate of drug-likeness (QED) is 0.598. The van der Waals surface area contributed by atoms with Crippen molar-refractivity contribution in [1.29, 1.82) is 0 Å². The fourth-order valence-electron chi connectivity index (χ4n) is 2.01. The van der Waals surface area contributed by atoms with E-state index in [4.69, 9.17) is 10.5 Å². The van der Waals surface area contributed by atoms with Crippen LogP contribution in [0.4, 0.5) is 5.69 Å². The number of nitrogens with two attached hydrogens (primary N) is 1. The van der Waals surface area contributed by atoms with Gasteiger partial charge in [-0.2, -0.15) is 0 Å². The van der Waals surface area contributed by atoms with Crippen LogP contribution in [0, 0.1) is 0 Å². The molecule has 0 unspecified atom stereocenters. The minimum Gasteiger partial charge on any atom is -0.484 e. The zero-order valence-electron chi connectivity index (χ0n) is 11.9. The summed E-state index contributed by atoms with van der Waals surface area (Å²) in [4.78, 5) is 36.6. The number of nitrogen functional groups attached to an aromatic ring is 1. The van der Waals surface area contributed by atoms with Gasteiger partial charge in [0.05, 0.1) is 0 Å². The van der Waals surface area contributed by atoms with Crippen molar-refractivity contribution in [3.63, 3.8) is 0 Å². The molecule has 1 aliphatic heterocycles. The summed E-state index contributed by atoms with van der Waals surface area (Å²) in [7, 11) is 0. The van der Waals surface area contributed by atoms with Gasteiger partial charge in [0.25, 0.3) is 11.8 Å². The SMILES string of the molecule is CC1(C)C(=O)NC(=O)CN1C(=O)COc1cccc(N)c1. The van der Waals surface area contributed by atoms with E-state index in [1.165, 1.54) is 4.90 Å². The number of carbonyl (C=O) groups excluding carboxylic acids is 3. The summed E-state index contributed by atoms with van der Waals surface area (Å²) in [5.41, 5.74) is 5.04. The van der Waals surface area contributed by atoms with E-state index in [1.54, 1.807) is 38.1 Å². The molecule has 7 nitrogen and oxygen atoms in total. The highest BCUT2D eigenvalue weighted by atomic mass is 16.5. The summed E-state index contributed by atoms with van der Waals surface area (Å²) < 4.78 is 5.35. The lowest BCUT2D eigenvalue weighted by Crippen LogP contribution is -2.66. The Hall–Kier alpha value is -2.57. The number of benzene rings is 1. The highest BCUT2D eigenvalue weighted by Crippen LogP contribution is 2.19. The Bertz CT molecular complexity index is 598. The highest BCUT2D eigenvalue weighted by molar-refractivity contribution is 6.06. The van der Waals surface area contributed by atoms with Crippen LogP contribution in [0.25, 0.3) is 0 Å². The van der Waals surface area contributed by atoms with Gasteiger partial charge >= 0.3 is 0 Å². The van der Waals surface area contributed by atoms with Crippen molar-refractivity contribution >= 4 is 23.4 Å². The van der Waals surface area contributed by atoms with Crippen LogP contribution in [0.15, 0.2) is 24.3 Å². The van der Waals surface area contributed by atoms with Crippen molar-refractivity contribution in [1.82, 2.24) is 10.2 Å². The van der Waals surface area contributed by atoms with Crippen LogP contribution in [-0.2, 0) is 14.4 Å². The van der Waals surface area contributed by atoms with Gasteiger partial charge in [0.15, 0.2) is 6.61 Å². The first kappa shape index (κ1) is 14.8. The average Bonchev–Trinajstić information content (AvgIpc) is 2.40. The third-order valence-electron chi connectivity index (χ3n) is 3.31. The monoisotopic (exact) mass is 291 g/mol. The normalized spacial score (nSPS) is 17.3. The molecule has 0 spiro atoms. The fourth-order valence-corrected chi connectivity index (χ4v) is 2.01. The second kappa shape index (κ2) is 5.43. The lowest BCUT2D eigenvalue weighted by molar-refractivity contribution is -0.156. The lowest BCUT2D eigenvalue weighted by Gasteiger charge is -2.39. The van der Waals surface area contributed by atoms with Crippen molar-refractivity contribution in [3.8, 4) is 5.75 Å². The molecule has 21 heavy (non-hydrogen) atoms. The van der Waals surface area contributed by atoms with Gasteiger partial charge < -0.3 is 15.4 Å². The molecule has 3 N–H and O–H groups in total. The Morgan fingerprint density at radius 3 is 2.81 bits per heavy atom. The van der Waals surface area contributed by atoms with Gasteiger partial charge in [-0.1, -0.05) is 6.07 Å². The van der Waals surface area contributed by atoms with Crippen LogP contribution in [-0.4, -0.2) is 41.3 Å². The van der Waals surface area contributed by atoms with Gasteiger partial charge in [0.2, 0.25) is 5.91 Å². The number of ether oxygens (including phenoxy) is 1. The number of anilines is 1. The molecular weight excluding hydrogens is 274 g/mol. The number of rotatable bonds is 3. The fraction of sp³-hybridized carbons (Fsp3) is 0.357. The molecule has 0 radical (unpaired) electrons. The number of nitrogens with zero attached hydrogens (tertiary/aromatic N) is 1. The van der Waals surface area contributed by atoms with E-state index in [2.05, 4.69) is 5.32 Å². The van der Waals surface area contributed by atoms with E-state index < -0.39 is 23.3 Å². The van der Waals surface area contributed by atoms with Crippen molar-refractivity contribution in [3.05, 3.63) is 24.3 Å². The number of amides is 3. The van der Waals surface area contributed by atoms with E-state index in [-0.39, 0.29) is 13.2 Å². The number of imide groups is 1. The molecule has 1 aliphatic rings. The van der Waals surface area contributed by atoms with E-state index in [0.29, 0.717) is 11.4 Å². The number of hydrogen-bond acceptors (Lipinski definition) is 5. The predicted octanol–water partition coefficient (Wildman–Crippen LogP) is -0.0888. The van der Waals surface area contributed by atoms with Crippen LogP contribution in [0.2, 0.25) is 0 Å². The smallest absolute Gasteiger partial charge is 0.261 e. The first-order valence-electron chi connectivity index (χ1n) is 6.44. The molecule has 0 saturated carbocycles. The Labute approximate surface area is 122 Å². The first-order chi connectivity index (χ1) is 9.80. The molecule has 2 rings (SSSR count). The molecule has 7 heteroatoms. The molecule has 0 aromatic heterocycles. The summed E-state index contributed by atoms with van der Waals surface area (Å²) in [5.74, 6) is -0.993. The van der Waals surface area contributed by atoms with Crippen LogP contribution in [0.1, 0.15) is 13.8 Å². The van der Waals surface area contributed by atoms with Gasteiger partial charge in [0, 0.05) is 11.8 Å². The van der Waals surface area contributed by atoms with Gasteiger partial charge in [-0.15, -0.1) is 0 Å². The van der Waals surface area contributed by atoms with Crippen molar-refractivity contribution in [2.75, 3.05) is 18.9 Å². The molecule has 1 aromatic rings. The van der Waals surface area contributed by atoms with E-state index >= 15 is 0 Å². The minimum atomic E-state index is -1.09. The second-order valence-corrected chi connectivity index (χ2v) is 5.28. The van der Waals surface area contributed by atoms with Crippen molar-refractivity contribution in [2.45, 2.75) is 19.4 Å². The number of hydrogen-bond donors (Lipinski definition) is 2. The molecule has 0 bridgehead atoms. The van der Waals surface area contributed by atoms with E-state index in [1.807, 2.05) is 0 Å². The number of carbonyl (C=O) groups is 3. The second-order valence-electron chi connectivity index (χ2n) is 5.28. The lowest BCUT2D eigenvalue weighted by atomic mass is 9.98. The molecule has 0 aliphatic carbocycles. The average molecular weight is 291 g/mol. The molecule has 1 saturated heterocycles. The zero-order chi connectivity index (χ0) is 15.6. The number of piperazine rings is 1. The van der Waals surface area contributed by atoms with Gasteiger partial charge in [-0.3, -0.25) is 19.7 Å². The first-order valence-corrected chi connectivity index (χ1v) is 6.44. The van der Waals surface area contributed by atoms with E-state index in [0.717, 1.165) is 0 Å². The van der Waals surface area contributed by atoms with Crippen molar-refractivity contribution < 1.29 is 19.1 Å². The predicted molar refractivity (Wildman–Crippen MR) is 75.3 cm³/mol. The summed E-state index contributed by atoms with van der Waals surface area (Å²) in [6, 6.07) is 6.66. The van der Waals surface area contributed by atoms with Crippen molar-refractivity contribution in [2.24, 2.45) is 0 Å². The van der Waals surface area contributed by atoms with Crippen LogP contribution in [0.3, 0.4) is 0 Å². The Balaban J connectivity index is 2.05. The third kappa shape index (κ3) is 3.13. The summed E-state index contributed by atoms with van der Waals surface area (Å²) >= 11 is 0. The molecule has 1 heterocycles. The third-order valence-corrected chi connectivity index (χ3v) is 3.31. The summed E-state index contributed by atoms with van der Waals surface area (Å²) in [6.45, 7) is 2.71. The molecule has 0 atom stereocenters. The van der Waals surface area contributed by atoms with Gasteiger partial charge in [0.1, 0.15) is 17.8 Å².